The van der Waals surface area contributed by atoms with Gasteiger partial charge in [-0.3, -0.25) is 4.79 Å². The van der Waals surface area contributed by atoms with E-state index in [2.05, 4.69) is 33.9 Å². The minimum absolute atomic E-state index is 0.0944. The summed E-state index contributed by atoms with van der Waals surface area (Å²) in [5, 5.41) is 18.8. The Morgan fingerprint density at radius 1 is 1.35 bits per heavy atom. The van der Waals surface area contributed by atoms with Crippen molar-refractivity contribution in [2.45, 2.75) is 65.4 Å². The summed E-state index contributed by atoms with van der Waals surface area (Å²) in [6, 6.07) is 0. The first-order valence-corrected chi connectivity index (χ1v) is 8.82. The van der Waals surface area contributed by atoms with Gasteiger partial charge in [-0.15, -0.1) is 0 Å². The van der Waals surface area contributed by atoms with Crippen LogP contribution in [0.2, 0.25) is 0 Å². The molecule has 2 rings (SSSR count). The number of carbonyl (C=O) groups excluding carboxylic acids is 1. The first-order chi connectivity index (χ1) is 10.6. The third-order valence-electron chi connectivity index (χ3n) is 6.72. The van der Waals surface area contributed by atoms with Crippen LogP contribution in [0.25, 0.3) is 0 Å². The molecule has 3 heteroatoms. The number of rotatable bonds is 5. The van der Waals surface area contributed by atoms with Gasteiger partial charge in [0.05, 0.1) is 12.7 Å². The van der Waals surface area contributed by atoms with E-state index < -0.39 is 6.10 Å². The highest BCUT2D eigenvalue weighted by Crippen LogP contribution is 2.60. The van der Waals surface area contributed by atoms with Crippen LogP contribution in [0.5, 0.6) is 0 Å². The van der Waals surface area contributed by atoms with E-state index in [4.69, 9.17) is 5.11 Å². The third kappa shape index (κ3) is 3.18. The second-order valence-corrected chi connectivity index (χ2v) is 8.35. The lowest BCUT2D eigenvalue weighted by atomic mass is 9.46. The molecule has 0 aromatic heterocycles. The topological polar surface area (TPSA) is 57.5 Å². The van der Waals surface area contributed by atoms with Gasteiger partial charge in [-0.1, -0.05) is 39.5 Å². The van der Waals surface area contributed by atoms with Crippen molar-refractivity contribution < 1.29 is 15.0 Å². The molecule has 0 unspecified atom stereocenters. The zero-order chi connectivity index (χ0) is 17.4. The first kappa shape index (κ1) is 18.4. The first-order valence-electron chi connectivity index (χ1n) is 8.82. The predicted molar refractivity (Wildman–Crippen MR) is 92.9 cm³/mol. The second kappa shape index (κ2) is 6.52. The lowest BCUT2D eigenvalue weighted by Gasteiger charge is -2.57. The average Bonchev–Trinajstić information content (AvgIpc) is 2.49. The zero-order valence-corrected chi connectivity index (χ0v) is 14.9. The molecule has 0 aliphatic heterocycles. The van der Waals surface area contributed by atoms with Crippen LogP contribution in [0.15, 0.2) is 24.3 Å². The molecule has 23 heavy (non-hydrogen) atoms. The fourth-order valence-corrected chi connectivity index (χ4v) is 5.14. The van der Waals surface area contributed by atoms with Gasteiger partial charge in [-0.05, 0) is 54.9 Å². The van der Waals surface area contributed by atoms with Crippen molar-refractivity contribution in [3.63, 3.8) is 0 Å². The molecule has 2 N–H and O–H groups in total. The molecule has 2 aliphatic carbocycles. The molecule has 2 fully saturated rings. The highest BCUT2D eigenvalue weighted by molar-refractivity contribution is 5.85. The highest BCUT2D eigenvalue weighted by Gasteiger charge is 2.55. The molecule has 2 aliphatic rings. The van der Waals surface area contributed by atoms with Crippen LogP contribution in [0.4, 0.5) is 0 Å². The minimum Gasteiger partial charge on any atom is -0.393 e. The number of Topliss-reactive ketones (excluding diaryl/α,β-unsaturated/α-hetero) is 1. The van der Waals surface area contributed by atoms with Crippen LogP contribution >= 0.6 is 0 Å². The second-order valence-electron chi connectivity index (χ2n) is 8.35. The van der Waals surface area contributed by atoms with Crippen LogP contribution in [-0.2, 0) is 4.79 Å². The maximum atomic E-state index is 12.4. The zero-order valence-electron chi connectivity index (χ0n) is 14.9. The van der Waals surface area contributed by atoms with Crippen molar-refractivity contribution in [3.8, 4) is 0 Å². The third-order valence-corrected chi connectivity index (χ3v) is 6.72. The summed E-state index contributed by atoms with van der Waals surface area (Å²) in [6.45, 7) is 14.5. The summed E-state index contributed by atoms with van der Waals surface area (Å²) in [4.78, 5) is 12.4. The van der Waals surface area contributed by atoms with Crippen molar-refractivity contribution in [1.82, 2.24) is 0 Å². The Hall–Kier alpha value is -0.930. The SMILES string of the molecule is C=C(CC[C@@H]1C(=C)CC[C@@H]2C(C)(C)C(=O)CC[C@@]12C)[C@H](O)CO. The van der Waals surface area contributed by atoms with E-state index in [1.165, 1.54) is 5.57 Å². The van der Waals surface area contributed by atoms with Gasteiger partial charge in [-0.25, -0.2) is 0 Å². The maximum Gasteiger partial charge on any atom is 0.138 e. The number of fused-ring (bicyclic) bond motifs is 1. The number of hydrogen-bond donors (Lipinski definition) is 2. The average molecular weight is 320 g/mol. The number of carbonyl (C=O) groups is 1. The molecule has 0 aromatic rings. The van der Waals surface area contributed by atoms with E-state index in [9.17, 15) is 9.90 Å². The molecule has 0 radical (unpaired) electrons. The number of aliphatic hydroxyl groups is 2. The van der Waals surface area contributed by atoms with E-state index in [0.717, 1.165) is 25.7 Å². The van der Waals surface area contributed by atoms with Gasteiger partial charge in [0.25, 0.3) is 0 Å². The van der Waals surface area contributed by atoms with Gasteiger partial charge in [0.15, 0.2) is 0 Å². The van der Waals surface area contributed by atoms with Crippen LogP contribution in [-0.4, -0.2) is 28.7 Å². The molecule has 0 aromatic carbocycles. The lowest BCUT2D eigenvalue weighted by Crippen LogP contribution is -2.53. The number of aliphatic hydroxyl groups excluding tert-OH is 2. The maximum absolute atomic E-state index is 12.4. The predicted octanol–water partition coefficient (Wildman–Crippen LogP) is 3.65. The standard InChI is InChI=1S/C20H32O3/c1-13-7-9-17-19(3,4)18(23)10-11-20(17,5)15(13)8-6-14(2)16(22)12-21/h15-17,21-22H,1-2,6-12H2,3-5H3/t15-,16-,17-,20+/m1/s1. The molecule has 130 valence electrons. The van der Waals surface area contributed by atoms with Gasteiger partial charge < -0.3 is 10.2 Å². The summed E-state index contributed by atoms with van der Waals surface area (Å²) in [6.07, 6.45) is 4.37. The Bertz CT molecular complexity index is 505. The molecule has 2 saturated carbocycles. The van der Waals surface area contributed by atoms with Crippen LogP contribution < -0.4 is 0 Å². The normalized spacial score (nSPS) is 34.8. The van der Waals surface area contributed by atoms with Crippen molar-refractivity contribution in [3.05, 3.63) is 24.3 Å². The highest BCUT2D eigenvalue weighted by atomic mass is 16.3. The lowest BCUT2D eigenvalue weighted by molar-refractivity contribution is -0.144. The van der Waals surface area contributed by atoms with Gasteiger partial charge in [0.1, 0.15) is 5.78 Å². The fraction of sp³-hybridized carbons (Fsp3) is 0.750. The Kier molecular flexibility index (Phi) is 5.22. The molecule has 0 heterocycles. The van der Waals surface area contributed by atoms with E-state index in [1.807, 2.05) is 0 Å². The Morgan fingerprint density at radius 3 is 2.61 bits per heavy atom. The molecular formula is C20H32O3. The van der Waals surface area contributed by atoms with Crippen LogP contribution in [0, 0.1) is 22.7 Å². The minimum atomic E-state index is -0.833. The molecule has 0 amide bonds. The molecule has 0 bridgehead atoms. The number of hydrogen-bond acceptors (Lipinski definition) is 3. The summed E-state index contributed by atoms with van der Waals surface area (Å²) < 4.78 is 0. The van der Waals surface area contributed by atoms with E-state index in [0.29, 0.717) is 36.0 Å². The summed E-state index contributed by atoms with van der Waals surface area (Å²) in [5.74, 6) is 1.14. The van der Waals surface area contributed by atoms with Crippen molar-refractivity contribution in [2.24, 2.45) is 22.7 Å². The molecular weight excluding hydrogens is 288 g/mol. The van der Waals surface area contributed by atoms with Crippen LogP contribution in [0.1, 0.15) is 59.3 Å². The Morgan fingerprint density at radius 2 is 2.00 bits per heavy atom. The summed E-state index contributed by atoms with van der Waals surface area (Å²) in [5.41, 5.74) is 1.81. The smallest absolute Gasteiger partial charge is 0.138 e. The summed E-state index contributed by atoms with van der Waals surface area (Å²) in [7, 11) is 0. The molecule has 4 atom stereocenters. The van der Waals surface area contributed by atoms with Gasteiger partial charge in [-0.2, -0.15) is 0 Å². The number of ketones is 1. The Labute approximate surface area is 140 Å². The molecule has 3 nitrogen and oxygen atoms in total. The molecule has 0 spiro atoms. The van der Waals surface area contributed by atoms with Gasteiger partial charge in [0, 0.05) is 11.8 Å². The monoisotopic (exact) mass is 320 g/mol. The quantitative estimate of drug-likeness (QED) is 0.760. The van der Waals surface area contributed by atoms with E-state index >= 15 is 0 Å². The molecule has 0 saturated heterocycles. The van der Waals surface area contributed by atoms with Crippen LogP contribution in [0.3, 0.4) is 0 Å². The largest absolute Gasteiger partial charge is 0.393 e. The fourth-order valence-electron chi connectivity index (χ4n) is 5.14. The van der Waals surface area contributed by atoms with E-state index in [-0.39, 0.29) is 17.4 Å². The van der Waals surface area contributed by atoms with Crippen molar-refractivity contribution in [1.29, 1.82) is 0 Å². The van der Waals surface area contributed by atoms with Crippen molar-refractivity contribution >= 4 is 5.78 Å². The Balaban J connectivity index is 2.19. The van der Waals surface area contributed by atoms with Gasteiger partial charge in [0.2, 0.25) is 0 Å². The van der Waals surface area contributed by atoms with Gasteiger partial charge >= 0.3 is 0 Å². The summed E-state index contributed by atoms with van der Waals surface area (Å²) >= 11 is 0. The van der Waals surface area contributed by atoms with Crippen molar-refractivity contribution in [2.75, 3.05) is 6.61 Å². The van der Waals surface area contributed by atoms with E-state index in [1.54, 1.807) is 0 Å². The number of allylic oxidation sites excluding steroid dienone is 1.